The molecule has 1 aliphatic carbocycles. The number of piperidine rings is 1. The number of carbonyl (C=O) groups excluding carboxylic acids is 2. The van der Waals surface area contributed by atoms with Crippen molar-refractivity contribution in [2.45, 2.75) is 45.1 Å². The Morgan fingerprint density at radius 2 is 2.08 bits per heavy atom. The number of hydrogen-bond acceptors (Lipinski definition) is 4. The van der Waals surface area contributed by atoms with E-state index in [9.17, 15) is 9.59 Å². The predicted octanol–water partition coefficient (Wildman–Crippen LogP) is 1.69. The highest BCUT2D eigenvalue weighted by atomic mass is 16.2. The summed E-state index contributed by atoms with van der Waals surface area (Å²) >= 11 is 0. The molecular weight excluding hydrogens is 304 g/mol. The Bertz CT molecular complexity index is 619. The van der Waals surface area contributed by atoms with E-state index >= 15 is 0 Å². The van der Waals surface area contributed by atoms with E-state index in [0.717, 1.165) is 44.3 Å². The summed E-state index contributed by atoms with van der Waals surface area (Å²) in [6, 6.07) is 5.70. The number of likely N-dealkylation sites (tertiary alicyclic amines) is 1. The average Bonchev–Trinajstić information content (AvgIpc) is 3.01. The van der Waals surface area contributed by atoms with Crippen LogP contribution in [-0.2, 0) is 9.59 Å². The first-order valence-electron chi connectivity index (χ1n) is 8.82. The Morgan fingerprint density at radius 1 is 1.25 bits per heavy atom. The van der Waals surface area contributed by atoms with Crippen LogP contribution >= 0.6 is 0 Å². The van der Waals surface area contributed by atoms with Gasteiger partial charge in [0.2, 0.25) is 11.8 Å². The second kappa shape index (κ2) is 7.30. The largest absolute Gasteiger partial charge is 0.342 e. The minimum Gasteiger partial charge on any atom is -0.342 e. The molecule has 2 heterocycles. The van der Waals surface area contributed by atoms with E-state index in [0.29, 0.717) is 12.4 Å². The third-order valence-electron chi connectivity index (χ3n) is 5.07. The third kappa shape index (κ3) is 3.93. The Morgan fingerprint density at radius 3 is 2.79 bits per heavy atom. The summed E-state index contributed by atoms with van der Waals surface area (Å²) < 4.78 is 0. The van der Waals surface area contributed by atoms with Gasteiger partial charge in [0.05, 0.1) is 5.92 Å². The second-order valence-electron chi connectivity index (χ2n) is 7.05. The summed E-state index contributed by atoms with van der Waals surface area (Å²) in [5.41, 5.74) is 6.79. The van der Waals surface area contributed by atoms with E-state index in [1.807, 2.05) is 24.0 Å². The molecule has 1 aromatic heterocycles. The Balaban J connectivity index is 1.58. The fourth-order valence-corrected chi connectivity index (χ4v) is 3.73. The van der Waals surface area contributed by atoms with Gasteiger partial charge in [-0.25, -0.2) is 4.98 Å². The normalized spacial score (nSPS) is 27.1. The first-order valence-corrected chi connectivity index (χ1v) is 8.82. The molecule has 1 aromatic rings. The van der Waals surface area contributed by atoms with Crippen LogP contribution in [0, 0.1) is 18.8 Å². The predicted molar refractivity (Wildman–Crippen MR) is 92.2 cm³/mol. The zero-order valence-electron chi connectivity index (χ0n) is 14.2. The summed E-state index contributed by atoms with van der Waals surface area (Å²) in [6.07, 6.45) is 4.25. The molecule has 130 valence electrons. The molecule has 2 aliphatic rings. The topological polar surface area (TPSA) is 88.3 Å². The molecule has 3 rings (SSSR count). The molecule has 1 aliphatic heterocycles. The highest BCUT2D eigenvalue weighted by Crippen LogP contribution is 2.28. The molecule has 0 radical (unpaired) electrons. The van der Waals surface area contributed by atoms with Gasteiger partial charge in [0.1, 0.15) is 5.82 Å². The van der Waals surface area contributed by atoms with Crippen molar-refractivity contribution in [3.63, 3.8) is 0 Å². The molecule has 0 aromatic carbocycles. The highest BCUT2D eigenvalue weighted by Gasteiger charge is 2.34. The van der Waals surface area contributed by atoms with Crippen LogP contribution in [0.4, 0.5) is 5.82 Å². The zero-order valence-corrected chi connectivity index (χ0v) is 14.2. The van der Waals surface area contributed by atoms with Crippen molar-refractivity contribution < 1.29 is 9.59 Å². The molecule has 3 N–H and O–H groups in total. The second-order valence-corrected chi connectivity index (χ2v) is 7.05. The number of anilines is 1. The van der Waals surface area contributed by atoms with Crippen molar-refractivity contribution in [2.24, 2.45) is 17.6 Å². The standard InChI is InChI=1S/C18H26N4O2/c1-12-4-2-6-16(20-12)21-17(23)14-5-3-9-22(11-14)18(24)13-7-8-15(19)10-13/h2,4,6,13-15H,3,5,7-11,19H2,1H3,(H,20,21,23). The number of nitrogens with two attached hydrogens (primary N) is 1. The molecule has 24 heavy (non-hydrogen) atoms. The SMILES string of the molecule is Cc1cccc(NC(=O)C2CCCN(C(=O)C3CCC(N)C3)C2)n1. The van der Waals surface area contributed by atoms with Gasteiger partial charge in [-0.05, 0) is 51.2 Å². The first-order chi connectivity index (χ1) is 11.5. The highest BCUT2D eigenvalue weighted by molar-refractivity contribution is 5.92. The lowest BCUT2D eigenvalue weighted by molar-refractivity contribution is -0.138. The van der Waals surface area contributed by atoms with Crippen molar-refractivity contribution in [3.8, 4) is 0 Å². The molecule has 6 heteroatoms. The quantitative estimate of drug-likeness (QED) is 0.883. The maximum atomic E-state index is 12.6. The monoisotopic (exact) mass is 330 g/mol. The van der Waals surface area contributed by atoms with Crippen molar-refractivity contribution in [1.82, 2.24) is 9.88 Å². The fourth-order valence-electron chi connectivity index (χ4n) is 3.73. The van der Waals surface area contributed by atoms with Crippen LogP contribution in [-0.4, -0.2) is 40.8 Å². The molecule has 3 unspecified atom stereocenters. The van der Waals surface area contributed by atoms with Gasteiger partial charge >= 0.3 is 0 Å². The number of nitrogens with one attached hydrogen (secondary N) is 1. The number of nitrogens with zero attached hydrogens (tertiary/aromatic N) is 2. The fraction of sp³-hybridized carbons (Fsp3) is 0.611. The van der Waals surface area contributed by atoms with Crippen molar-refractivity contribution in [2.75, 3.05) is 18.4 Å². The number of amides is 2. The van der Waals surface area contributed by atoms with Gasteiger partial charge in [0, 0.05) is 30.7 Å². The van der Waals surface area contributed by atoms with Gasteiger partial charge in [-0.3, -0.25) is 9.59 Å². The maximum absolute atomic E-state index is 12.6. The zero-order chi connectivity index (χ0) is 17.1. The Kier molecular flexibility index (Phi) is 5.14. The number of aromatic nitrogens is 1. The lowest BCUT2D eigenvalue weighted by Gasteiger charge is -2.33. The summed E-state index contributed by atoms with van der Waals surface area (Å²) in [7, 11) is 0. The minimum absolute atomic E-state index is 0.0419. The minimum atomic E-state index is -0.167. The summed E-state index contributed by atoms with van der Waals surface area (Å²) in [5.74, 6) is 0.577. The number of carbonyl (C=O) groups is 2. The van der Waals surface area contributed by atoms with E-state index in [2.05, 4.69) is 10.3 Å². The molecule has 6 nitrogen and oxygen atoms in total. The molecule has 1 saturated carbocycles. The van der Waals surface area contributed by atoms with Gasteiger partial charge in [-0.15, -0.1) is 0 Å². The van der Waals surface area contributed by atoms with Crippen LogP contribution in [0.15, 0.2) is 18.2 Å². The Hall–Kier alpha value is -1.95. The molecule has 0 spiro atoms. The van der Waals surface area contributed by atoms with Gasteiger partial charge in [0.15, 0.2) is 0 Å². The van der Waals surface area contributed by atoms with E-state index in [1.54, 1.807) is 6.07 Å². The van der Waals surface area contributed by atoms with Gasteiger partial charge in [0.25, 0.3) is 0 Å². The molecular formula is C18H26N4O2. The third-order valence-corrected chi connectivity index (χ3v) is 5.07. The van der Waals surface area contributed by atoms with Gasteiger partial charge in [-0.1, -0.05) is 6.07 Å². The first kappa shape index (κ1) is 16.9. The van der Waals surface area contributed by atoms with Crippen LogP contribution in [0.3, 0.4) is 0 Å². The van der Waals surface area contributed by atoms with Crippen LogP contribution in [0.2, 0.25) is 0 Å². The number of pyridine rings is 1. The van der Waals surface area contributed by atoms with Crippen molar-refractivity contribution >= 4 is 17.6 Å². The lowest BCUT2D eigenvalue weighted by Crippen LogP contribution is -2.45. The molecule has 2 amide bonds. The smallest absolute Gasteiger partial charge is 0.230 e. The van der Waals surface area contributed by atoms with E-state index in [1.165, 1.54) is 0 Å². The lowest BCUT2D eigenvalue weighted by atomic mass is 9.95. The van der Waals surface area contributed by atoms with Crippen LogP contribution in [0.5, 0.6) is 0 Å². The number of aryl methyl sites for hydroxylation is 1. The van der Waals surface area contributed by atoms with Crippen LogP contribution in [0.25, 0.3) is 0 Å². The van der Waals surface area contributed by atoms with Gasteiger partial charge in [-0.2, -0.15) is 0 Å². The van der Waals surface area contributed by atoms with E-state index in [4.69, 9.17) is 5.73 Å². The summed E-state index contributed by atoms with van der Waals surface area (Å²) in [5, 5.41) is 2.88. The summed E-state index contributed by atoms with van der Waals surface area (Å²) in [4.78, 5) is 31.3. The van der Waals surface area contributed by atoms with E-state index in [-0.39, 0.29) is 29.7 Å². The van der Waals surface area contributed by atoms with Crippen molar-refractivity contribution in [1.29, 1.82) is 0 Å². The Labute approximate surface area is 142 Å². The molecule has 2 fully saturated rings. The number of hydrogen-bond donors (Lipinski definition) is 2. The van der Waals surface area contributed by atoms with Crippen LogP contribution < -0.4 is 11.1 Å². The maximum Gasteiger partial charge on any atom is 0.230 e. The number of rotatable bonds is 3. The van der Waals surface area contributed by atoms with E-state index < -0.39 is 0 Å². The molecule has 1 saturated heterocycles. The summed E-state index contributed by atoms with van der Waals surface area (Å²) in [6.45, 7) is 3.14. The van der Waals surface area contributed by atoms with Crippen LogP contribution in [0.1, 0.15) is 37.8 Å². The molecule has 3 atom stereocenters. The average molecular weight is 330 g/mol. The van der Waals surface area contributed by atoms with Gasteiger partial charge < -0.3 is 16.0 Å². The molecule has 0 bridgehead atoms. The van der Waals surface area contributed by atoms with Crippen molar-refractivity contribution in [3.05, 3.63) is 23.9 Å².